The number of rotatable bonds is 5. The molecule has 0 bridgehead atoms. The monoisotopic (exact) mass is 417 g/mol. The van der Waals surface area contributed by atoms with Gasteiger partial charge in [0.2, 0.25) is 0 Å². The van der Waals surface area contributed by atoms with Crippen molar-refractivity contribution in [3.8, 4) is 11.1 Å². The van der Waals surface area contributed by atoms with Gasteiger partial charge in [0.1, 0.15) is 0 Å². The van der Waals surface area contributed by atoms with E-state index < -0.39 is 0 Å². The lowest BCUT2D eigenvalue weighted by Crippen LogP contribution is -2.29. The van der Waals surface area contributed by atoms with Crippen LogP contribution in [-0.4, -0.2) is 13.1 Å². The maximum Gasteiger partial charge on any atom is 0.0714 e. The van der Waals surface area contributed by atoms with Crippen LogP contribution >= 0.6 is 0 Å². The van der Waals surface area contributed by atoms with Gasteiger partial charge in [-0.2, -0.15) is 0 Å². The van der Waals surface area contributed by atoms with Crippen LogP contribution in [0.25, 0.3) is 11.1 Å². The Morgan fingerprint density at radius 2 is 1.12 bits per heavy atom. The molecule has 1 nitrogen and oxygen atoms in total. The van der Waals surface area contributed by atoms with Crippen molar-refractivity contribution in [2.75, 3.05) is 18.0 Å². The van der Waals surface area contributed by atoms with Crippen LogP contribution < -0.4 is 4.90 Å². The maximum absolute atomic E-state index is 2.48. The molecule has 0 spiro atoms. The third-order valence-electron chi connectivity index (χ3n) is 7.12. The maximum atomic E-state index is 2.48. The van der Waals surface area contributed by atoms with E-state index in [0.29, 0.717) is 0 Å². The van der Waals surface area contributed by atoms with E-state index in [9.17, 15) is 0 Å². The van der Waals surface area contributed by atoms with Gasteiger partial charge in [0.15, 0.2) is 0 Å². The van der Waals surface area contributed by atoms with Gasteiger partial charge < -0.3 is 4.90 Å². The van der Waals surface area contributed by atoms with Crippen molar-refractivity contribution < 1.29 is 0 Å². The van der Waals surface area contributed by atoms with Crippen LogP contribution in [0.5, 0.6) is 0 Å². The average Bonchev–Trinajstić information content (AvgIpc) is 3.13. The summed E-state index contributed by atoms with van der Waals surface area (Å²) in [6.45, 7) is 10.8. The van der Waals surface area contributed by atoms with Gasteiger partial charge in [0.25, 0.3) is 0 Å². The molecule has 0 aliphatic heterocycles. The van der Waals surface area contributed by atoms with Crippen molar-refractivity contribution in [3.63, 3.8) is 0 Å². The van der Waals surface area contributed by atoms with E-state index in [0.717, 1.165) is 13.1 Å². The van der Waals surface area contributed by atoms with Gasteiger partial charge in [-0.05, 0) is 61.6 Å². The second kappa shape index (κ2) is 7.98. The molecule has 4 aromatic carbocycles. The molecule has 0 atom stereocenters. The average molecular weight is 418 g/mol. The molecule has 0 radical (unpaired) electrons. The van der Waals surface area contributed by atoms with Crippen molar-refractivity contribution >= 4 is 5.69 Å². The van der Waals surface area contributed by atoms with Crippen LogP contribution in [0.1, 0.15) is 47.2 Å². The zero-order valence-electron chi connectivity index (χ0n) is 19.5. The fraction of sp³-hybridized carbons (Fsp3) is 0.226. The van der Waals surface area contributed by atoms with Gasteiger partial charge in [-0.1, -0.05) is 96.1 Å². The van der Waals surface area contributed by atoms with E-state index in [1.807, 2.05) is 0 Å². The summed E-state index contributed by atoms with van der Waals surface area (Å²) in [4.78, 5) is 2.48. The third-order valence-corrected chi connectivity index (χ3v) is 7.12. The minimum absolute atomic E-state index is 0.323. The highest BCUT2D eigenvalue weighted by Crippen LogP contribution is 2.58. The third kappa shape index (κ3) is 2.92. The molecule has 1 aliphatic carbocycles. The fourth-order valence-electron chi connectivity index (χ4n) is 5.53. The van der Waals surface area contributed by atoms with Gasteiger partial charge in [0.05, 0.1) is 5.41 Å². The quantitative estimate of drug-likeness (QED) is 0.286. The fourth-order valence-corrected chi connectivity index (χ4v) is 5.53. The molecule has 0 unspecified atom stereocenters. The minimum Gasteiger partial charge on any atom is -0.372 e. The molecule has 5 rings (SSSR count). The lowest BCUT2D eigenvalue weighted by Gasteiger charge is -2.34. The standard InChI is InChI=1S/C31H31N/c1-5-32(6-2)29-13-9-12-28-30(29)26-10-7-8-11-27(26)31(28,24-18-14-22(3)15-19-24)25-20-16-23(4)17-21-25/h7-21H,5-6H2,1-4H3. The number of benzene rings is 4. The summed E-state index contributed by atoms with van der Waals surface area (Å²) in [6, 6.07) is 34.2. The number of hydrogen-bond donors (Lipinski definition) is 0. The molecule has 0 saturated heterocycles. The minimum atomic E-state index is -0.323. The van der Waals surface area contributed by atoms with Crippen LogP contribution in [0.15, 0.2) is 91.0 Å². The van der Waals surface area contributed by atoms with E-state index in [2.05, 4.69) is 124 Å². The Hall–Kier alpha value is -3.32. The summed E-state index contributed by atoms with van der Waals surface area (Å²) < 4.78 is 0. The van der Waals surface area contributed by atoms with Gasteiger partial charge >= 0.3 is 0 Å². The Morgan fingerprint density at radius 3 is 1.69 bits per heavy atom. The molecule has 0 N–H and O–H groups in total. The van der Waals surface area contributed by atoms with Crippen LogP contribution in [-0.2, 0) is 5.41 Å². The van der Waals surface area contributed by atoms with E-state index in [1.54, 1.807) is 0 Å². The summed E-state index contributed by atoms with van der Waals surface area (Å²) in [5.41, 5.74) is 11.7. The van der Waals surface area contributed by atoms with E-state index in [1.165, 1.54) is 50.2 Å². The molecule has 1 aliphatic rings. The summed E-state index contributed by atoms with van der Waals surface area (Å²) in [5.74, 6) is 0. The molecule has 0 fully saturated rings. The predicted molar refractivity (Wildman–Crippen MR) is 137 cm³/mol. The zero-order chi connectivity index (χ0) is 22.3. The molecule has 0 amide bonds. The summed E-state index contributed by atoms with van der Waals surface area (Å²) in [6.07, 6.45) is 0. The Morgan fingerprint density at radius 1 is 0.594 bits per heavy atom. The summed E-state index contributed by atoms with van der Waals surface area (Å²) >= 11 is 0. The first-order chi connectivity index (χ1) is 15.6. The van der Waals surface area contributed by atoms with E-state index in [-0.39, 0.29) is 5.41 Å². The molecular weight excluding hydrogens is 386 g/mol. The number of nitrogens with zero attached hydrogens (tertiary/aromatic N) is 1. The lowest BCUT2D eigenvalue weighted by atomic mass is 9.67. The Bertz CT molecular complexity index is 1200. The van der Waals surface area contributed by atoms with Crippen molar-refractivity contribution in [1.29, 1.82) is 0 Å². The first kappa shape index (κ1) is 20.6. The molecule has 0 saturated carbocycles. The molecule has 0 heterocycles. The highest BCUT2D eigenvalue weighted by Gasteiger charge is 2.47. The van der Waals surface area contributed by atoms with Crippen LogP contribution in [0.4, 0.5) is 5.69 Å². The van der Waals surface area contributed by atoms with Gasteiger partial charge in [-0.15, -0.1) is 0 Å². The summed E-state index contributed by atoms with van der Waals surface area (Å²) in [5, 5.41) is 0. The molecule has 1 heteroatoms. The lowest BCUT2D eigenvalue weighted by molar-refractivity contribution is 0.766. The number of fused-ring (bicyclic) bond motifs is 3. The van der Waals surface area contributed by atoms with Crippen molar-refractivity contribution in [1.82, 2.24) is 0 Å². The highest BCUT2D eigenvalue weighted by molar-refractivity contribution is 5.93. The Labute approximate surface area is 192 Å². The Balaban J connectivity index is 1.94. The van der Waals surface area contributed by atoms with E-state index in [4.69, 9.17) is 0 Å². The van der Waals surface area contributed by atoms with Gasteiger partial charge in [0, 0.05) is 24.3 Å². The normalized spacial score (nSPS) is 13.5. The molecule has 32 heavy (non-hydrogen) atoms. The first-order valence-electron chi connectivity index (χ1n) is 11.7. The molecule has 0 aromatic heterocycles. The van der Waals surface area contributed by atoms with Crippen LogP contribution in [0, 0.1) is 13.8 Å². The highest BCUT2D eigenvalue weighted by atomic mass is 15.1. The van der Waals surface area contributed by atoms with Gasteiger partial charge in [-0.3, -0.25) is 0 Å². The first-order valence-corrected chi connectivity index (χ1v) is 11.7. The second-order valence-corrected chi connectivity index (χ2v) is 8.90. The Kier molecular flexibility index (Phi) is 5.13. The number of anilines is 1. The largest absolute Gasteiger partial charge is 0.372 e. The SMILES string of the molecule is CCN(CC)c1cccc2c1-c1ccccc1C2(c1ccc(C)cc1)c1ccc(C)cc1. The summed E-state index contributed by atoms with van der Waals surface area (Å²) in [7, 11) is 0. The predicted octanol–water partition coefficient (Wildman–Crippen LogP) is 7.51. The van der Waals surface area contributed by atoms with E-state index >= 15 is 0 Å². The second-order valence-electron chi connectivity index (χ2n) is 8.90. The van der Waals surface area contributed by atoms with Crippen molar-refractivity contribution in [2.24, 2.45) is 0 Å². The molecule has 160 valence electrons. The molecular formula is C31H31N. The number of hydrogen-bond acceptors (Lipinski definition) is 1. The topological polar surface area (TPSA) is 3.24 Å². The van der Waals surface area contributed by atoms with Crippen LogP contribution in [0.3, 0.4) is 0 Å². The van der Waals surface area contributed by atoms with Gasteiger partial charge in [-0.25, -0.2) is 0 Å². The zero-order valence-corrected chi connectivity index (χ0v) is 19.5. The van der Waals surface area contributed by atoms with Crippen molar-refractivity contribution in [3.05, 3.63) is 124 Å². The molecule has 4 aromatic rings. The van der Waals surface area contributed by atoms with Crippen molar-refractivity contribution in [2.45, 2.75) is 33.1 Å². The smallest absolute Gasteiger partial charge is 0.0714 e. The number of aryl methyl sites for hydroxylation is 2. The van der Waals surface area contributed by atoms with Crippen LogP contribution in [0.2, 0.25) is 0 Å².